The van der Waals surface area contributed by atoms with Crippen molar-refractivity contribution in [2.45, 2.75) is 83.6 Å². The van der Waals surface area contributed by atoms with Crippen molar-refractivity contribution in [1.82, 2.24) is 0 Å². The lowest BCUT2D eigenvalue weighted by Crippen LogP contribution is -2.20. The second-order valence-electron chi connectivity index (χ2n) is 5.89. The number of thiophene rings is 1. The molecule has 3 heteroatoms. The second kappa shape index (κ2) is 11.9. The minimum atomic E-state index is -0.399. The van der Waals surface area contributed by atoms with Gasteiger partial charge in [-0.2, -0.15) is 0 Å². The van der Waals surface area contributed by atoms with E-state index in [-0.39, 0.29) is 5.78 Å². The van der Waals surface area contributed by atoms with E-state index in [1.807, 2.05) is 17.5 Å². The summed E-state index contributed by atoms with van der Waals surface area (Å²) in [5.41, 5.74) is 5.96. The number of hydrogen-bond acceptors (Lipinski definition) is 3. The van der Waals surface area contributed by atoms with Crippen molar-refractivity contribution in [3.63, 3.8) is 0 Å². The van der Waals surface area contributed by atoms with Crippen LogP contribution in [0.4, 0.5) is 0 Å². The Morgan fingerprint density at radius 3 is 2.14 bits per heavy atom. The number of rotatable bonds is 13. The molecule has 0 bridgehead atoms. The molecule has 2 N–H and O–H groups in total. The second-order valence-corrected chi connectivity index (χ2v) is 6.87. The molecule has 0 spiro atoms. The molecule has 0 aliphatic rings. The average Bonchev–Trinajstić information content (AvgIpc) is 3.02. The highest BCUT2D eigenvalue weighted by molar-refractivity contribution is 7.10. The van der Waals surface area contributed by atoms with E-state index in [1.54, 1.807) is 11.3 Å². The first kappa shape index (κ1) is 18.4. The molecule has 1 aromatic heterocycles. The minimum Gasteiger partial charge on any atom is -0.317 e. The topological polar surface area (TPSA) is 43.1 Å². The summed E-state index contributed by atoms with van der Waals surface area (Å²) in [4.78, 5) is 13.0. The number of ketones is 1. The summed E-state index contributed by atoms with van der Waals surface area (Å²) >= 11 is 1.57. The molecular weight excluding hydrogens is 278 g/mol. The summed E-state index contributed by atoms with van der Waals surface area (Å²) in [5.74, 6) is 0.192. The molecule has 0 aliphatic heterocycles. The fourth-order valence-corrected chi connectivity index (χ4v) is 3.32. The molecule has 0 aromatic carbocycles. The van der Waals surface area contributed by atoms with Gasteiger partial charge in [-0.3, -0.25) is 4.79 Å². The zero-order valence-corrected chi connectivity index (χ0v) is 14.3. The van der Waals surface area contributed by atoms with Crippen LogP contribution >= 0.6 is 11.3 Å². The van der Waals surface area contributed by atoms with E-state index in [2.05, 4.69) is 6.92 Å². The molecule has 1 rings (SSSR count). The Balaban J connectivity index is 1.93. The quantitative estimate of drug-likeness (QED) is 0.480. The molecule has 1 atom stereocenters. The number of unbranched alkanes of at least 4 members (excludes halogenated alkanes) is 9. The SMILES string of the molecule is CCCCCCCCCCCCC(=O)C(N)c1cccs1. The van der Waals surface area contributed by atoms with Crippen LogP contribution < -0.4 is 5.73 Å². The van der Waals surface area contributed by atoms with Gasteiger partial charge in [0.1, 0.15) is 0 Å². The van der Waals surface area contributed by atoms with Crippen LogP contribution in [0.15, 0.2) is 17.5 Å². The maximum Gasteiger partial charge on any atom is 0.154 e. The van der Waals surface area contributed by atoms with Crippen LogP contribution in [-0.2, 0) is 4.79 Å². The highest BCUT2D eigenvalue weighted by atomic mass is 32.1. The van der Waals surface area contributed by atoms with Gasteiger partial charge in [-0.15, -0.1) is 11.3 Å². The third-order valence-corrected chi connectivity index (χ3v) is 4.93. The van der Waals surface area contributed by atoms with Crippen LogP contribution in [0.2, 0.25) is 0 Å². The van der Waals surface area contributed by atoms with E-state index in [4.69, 9.17) is 5.73 Å². The maximum atomic E-state index is 12.0. The molecule has 0 saturated carbocycles. The third kappa shape index (κ3) is 8.37. The first-order valence-electron chi connectivity index (χ1n) is 8.57. The first-order valence-corrected chi connectivity index (χ1v) is 9.45. The summed E-state index contributed by atoms with van der Waals surface area (Å²) < 4.78 is 0. The number of carbonyl (C=O) groups excluding carboxylic acids is 1. The number of nitrogens with two attached hydrogens (primary N) is 1. The Bertz CT molecular complexity index is 361. The fraction of sp³-hybridized carbons (Fsp3) is 0.722. The fourth-order valence-electron chi connectivity index (χ4n) is 2.57. The predicted molar refractivity (Wildman–Crippen MR) is 92.7 cm³/mol. The van der Waals surface area contributed by atoms with Gasteiger partial charge in [-0.1, -0.05) is 70.8 Å². The van der Waals surface area contributed by atoms with Gasteiger partial charge in [0.15, 0.2) is 5.78 Å². The van der Waals surface area contributed by atoms with Crippen molar-refractivity contribution in [3.05, 3.63) is 22.4 Å². The lowest BCUT2D eigenvalue weighted by molar-refractivity contribution is -0.120. The van der Waals surface area contributed by atoms with Crippen LogP contribution in [0.1, 0.15) is 88.5 Å². The van der Waals surface area contributed by atoms with Crippen molar-refractivity contribution >= 4 is 17.1 Å². The van der Waals surface area contributed by atoms with Crippen molar-refractivity contribution in [3.8, 4) is 0 Å². The molecule has 2 nitrogen and oxygen atoms in total. The zero-order valence-electron chi connectivity index (χ0n) is 13.5. The summed E-state index contributed by atoms with van der Waals surface area (Å²) in [6.07, 6.45) is 13.6. The Morgan fingerprint density at radius 1 is 1.05 bits per heavy atom. The zero-order chi connectivity index (χ0) is 15.3. The molecule has 21 heavy (non-hydrogen) atoms. The Hall–Kier alpha value is -0.670. The Kier molecular flexibility index (Phi) is 10.4. The largest absolute Gasteiger partial charge is 0.317 e. The van der Waals surface area contributed by atoms with Crippen LogP contribution in [0, 0.1) is 0 Å². The molecule has 0 fully saturated rings. The van der Waals surface area contributed by atoms with E-state index in [0.29, 0.717) is 6.42 Å². The molecular formula is C18H31NOS. The smallest absolute Gasteiger partial charge is 0.154 e. The van der Waals surface area contributed by atoms with Gasteiger partial charge in [0.2, 0.25) is 0 Å². The van der Waals surface area contributed by atoms with Crippen LogP contribution in [0.3, 0.4) is 0 Å². The van der Waals surface area contributed by atoms with Crippen molar-refractivity contribution in [2.75, 3.05) is 0 Å². The molecule has 120 valence electrons. The van der Waals surface area contributed by atoms with Crippen LogP contribution in [-0.4, -0.2) is 5.78 Å². The molecule has 0 radical (unpaired) electrons. The van der Waals surface area contributed by atoms with E-state index < -0.39 is 6.04 Å². The lowest BCUT2D eigenvalue weighted by atomic mass is 10.0. The normalized spacial score (nSPS) is 12.5. The van der Waals surface area contributed by atoms with E-state index >= 15 is 0 Å². The molecule has 0 amide bonds. The van der Waals surface area contributed by atoms with E-state index in [9.17, 15) is 4.79 Å². The average molecular weight is 310 g/mol. The van der Waals surface area contributed by atoms with Crippen molar-refractivity contribution in [1.29, 1.82) is 0 Å². The summed E-state index contributed by atoms with van der Waals surface area (Å²) in [5, 5.41) is 1.98. The van der Waals surface area contributed by atoms with Gasteiger partial charge in [0, 0.05) is 11.3 Å². The van der Waals surface area contributed by atoms with E-state index in [1.165, 1.54) is 51.4 Å². The lowest BCUT2D eigenvalue weighted by Gasteiger charge is -2.08. The summed E-state index contributed by atoms with van der Waals surface area (Å²) in [6, 6.07) is 3.50. The molecule has 0 saturated heterocycles. The maximum absolute atomic E-state index is 12.0. The van der Waals surface area contributed by atoms with Gasteiger partial charge in [-0.25, -0.2) is 0 Å². The molecule has 1 aromatic rings. The number of hydrogen-bond donors (Lipinski definition) is 1. The number of carbonyl (C=O) groups is 1. The highest BCUT2D eigenvalue weighted by Gasteiger charge is 2.15. The minimum absolute atomic E-state index is 0.192. The van der Waals surface area contributed by atoms with Gasteiger partial charge in [0.05, 0.1) is 6.04 Å². The monoisotopic (exact) mass is 309 g/mol. The third-order valence-electron chi connectivity index (χ3n) is 3.97. The highest BCUT2D eigenvalue weighted by Crippen LogP contribution is 2.20. The number of Topliss-reactive ketones (excluding diaryl/α,β-unsaturated/α-hetero) is 1. The predicted octanol–water partition coefficient (Wildman–Crippen LogP) is 5.63. The van der Waals surface area contributed by atoms with Crippen LogP contribution in [0.25, 0.3) is 0 Å². The van der Waals surface area contributed by atoms with E-state index in [0.717, 1.165) is 17.7 Å². The summed E-state index contributed by atoms with van der Waals surface area (Å²) in [7, 11) is 0. The van der Waals surface area contributed by atoms with Crippen LogP contribution in [0.5, 0.6) is 0 Å². The van der Waals surface area contributed by atoms with Gasteiger partial charge >= 0.3 is 0 Å². The van der Waals surface area contributed by atoms with Gasteiger partial charge in [-0.05, 0) is 17.9 Å². The standard InChI is InChI=1S/C18H31NOS/c1-2-3-4-5-6-7-8-9-10-11-13-16(20)18(19)17-14-12-15-21-17/h12,14-15,18H,2-11,13,19H2,1H3. The van der Waals surface area contributed by atoms with Crippen molar-refractivity contribution < 1.29 is 4.79 Å². The van der Waals surface area contributed by atoms with Gasteiger partial charge in [0.25, 0.3) is 0 Å². The first-order chi connectivity index (χ1) is 10.3. The summed E-state index contributed by atoms with van der Waals surface area (Å²) in [6.45, 7) is 2.26. The Morgan fingerprint density at radius 2 is 1.62 bits per heavy atom. The van der Waals surface area contributed by atoms with Crippen molar-refractivity contribution in [2.24, 2.45) is 5.73 Å². The Labute approximate surface area is 134 Å². The molecule has 0 aliphatic carbocycles. The molecule has 1 unspecified atom stereocenters. The van der Waals surface area contributed by atoms with Gasteiger partial charge < -0.3 is 5.73 Å². The molecule has 1 heterocycles.